The average Bonchev–Trinajstić information content (AvgIpc) is 2.50. The van der Waals surface area contributed by atoms with Gasteiger partial charge in [-0.2, -0.15) is 30.7 Å². The van der Waals surface area contributed by atoms with Crippen molar-refractivity contribution in [2.75, 3.05) is 0 Å². The molecule has 0 radical (unpaired) electrons. The lowest BCUT2D eigenvalue weighted by Crippen LogP contribution is -2.56. The van der Waals surface area contributed by atoms with E-state index in [1.165, 1.54) is 0 Å². The standard InChI is InChI=1S/C11H5F7N2O6/c12-9(13,10(14,15)11(16,17)18)8(21)26-4-5-1-6(19(22)23)3-7(2-5)20(24)25/h1-3H,4H2. The molecule has 0 unspecified atom stereocenters. The molecule has 0 saturated carbocycles. The van der Waals surface area contributed by atoms with Crippen molar-refractivity contribution < 1.29 is 50.1 Å². The van der Waals surface area contributed by atoms with Gasteiger partial charge >= 0.3 is 24.0 Å². The summed E-state index contributed by atoms with van der Waals surface area (Å²) in [5, 5.41) is 21.2. The van der Waals surface area contributed by atoms with Gasteiger partial charge in [0.15, 0.2) is 0 Å². The fourth-order valence-electron chi connectivity index (χ4n) is 1.50. The van der Waals surface area contributed by atoms with E-state index in [9.17, 15) is 55.8 Å². The molecule has 0 fully saturated rings. The third kappa shape index (κ3) is 3.97. The van der Waals surface area contributed by atoms with Gasteiger partial charge in [-0.15, -0.1) is 0 Å². The number of alkyl halides is 7. The molecule has 144 valence electrons. The molecule has 1 aromatic rings. The molecule has 0 aromatic heterocycles. The van der Waals surface area contributed by atoms with Crippen LogP contribution in [-0.2, 0) is 16.1 Å². The molecule has 26 heavy (non-hydrogen) atoms. The molecule has 0 N–H and O–H groups in total. The average molecular weight is 394 g/mol. The van der Waals surface area contributed by atoms with Gasteiger partial charge in [-0.05, 0) is 0 Å². The smallest absolute Gasteiger partial charge is 0.456 e. The van der Waals surface area contributed by atoms with Crippen molar-refractivity contribution in [1.82, 2.24) is 0 Å². The number of nitro benzene ring substituents is 2. The Morgan fingerprint density at radius 1 is 0.923 bits per heavy atom. The minimum atomic E-state index is -6.76. The molecule has 0 heterocycles. The maximum atomic E-state index is 13.0. The number of hydrogen-bond donors (Lipinski definition) is 0. The number of rotatable bonds is 6. The Morgan fingerprint density at radius 2 is 1.35 bits per heavy atom. The van der Waals surface area contributed by atoms with Gasteiger partial charge in [0, 0.05) is 17.7 Å². The molecule has 1 aromatic carbocycles. The lowest BCUT2D eigenvalue weighted by molar-refractivity contribution is -0.394. The molecular formula is C11H5F7N2O6. The van der Waals surface area contributed by atoms with Crippen molar-refractivity contribution in [3.8, 4) is 0 Å². The molecule has 0 aliphatic heterocycles. The summed E-state index contributed by atoms with van der Waals surface area (Å²) in [6, 6.07) is 1.48. The molecule has 0 atom stereocenters. The Morgan fingerprint density at radius 3 is 1.69 bits per heavy atom. The van der Waals surface area contributed by atoms with Crippen LogP contribution in [0.1, 0.15) is 5.56 Å². The summed E-state index contributed by atoms with van der Waals surface area (Å²) in [5.74, 6) is -16.3. The summed E-state index contributed by atoms with van der Waals surface area (Å²) in [7, 11) is 0. The summed E-state index contributed by atoms with van der Waals surface area (Å²) in [4.78, 5) is 29.9. The molecule has 0 saturated heterocycles. The van der Waals surface area contributed by atoms with Gasteiger partial charge in [0.05, 0.1) is 15.9 Å². The van der Waals surface area contributed by atoms with E-state index in [2.05, 4.69) is 4.74 Å². The van der Waals surface area contributed by atoms with E-state index in [0.717, 1.165) is 0 Å². The van der Waals surface area contributed by atoms with Crippen LogP contribution >= 0.6 is 0 Å². The molecule has 0 spiro atoms. The highest BCUT2D eigenvalue weighted by Gasteiger charge is 2.77. The van der Waals surface area contributed by atoms with Crippen LogP contribution in [0.5, 0.6) is 0 Å². The van der Waals surface area contributed by atoms with Crippen LogP contribution < -0.4 is 0 Å². The van der Waals surface area contributed by atoms with Crippen LogP contribution in [-0.4, -0.2) is 33.8 Å². The highest BCUT2D eigenvalue weighted by atomic mass is 19.4. The second-order valence-corrected chi connectivity index (χ2v) is 4.59. The number of halogens is 7. The zero-order valence-electron chi connectivity index (χ0n) is 11.9. The third-order valence-electron chi connectivity index (χ3n) is 2.76. The minimum absolute atomic E-state index is 0.456. The summed E-state index contributed by atoms with van der Waals surface area (Å²) in [5.41, 5.74) is -2.53. The molecular weight excluding hydrogens is 389 g/mol. The number of benzene rings is 1. The molecule has 1 rings (SSSR count). The Labute approximate surface area is 137 Å². The van der Waals surface area contributed by atoms with Gasteiger partial charge in [-0.3, -0.25) is 20.2 Å². The summed E-state index contributed by atoms with van der Waals surface area (Å²) < 4.78 is 90.9. The van der Waals surface area contributed by atoms with Crippen molar-refractivity contribution in [3.63, 3.8) is 0 Å². The molecule has 15 heteroatoms. The number of nitrogens with zero attached hydrogens (tertiary/aromatic N) is 2. The zero-order valence-corrected chi connectivity index (χ0v) is 11.9. The first kappa shape index (κ1) is 21.0. The Bertz CT molecular complexity index is 717. The number of non-ortho nitro benzene ring substituents is 2. The van der Waals surface area contributed by atoms with Crippen LogP contribution in [0.25, 0.3) is 0 Å². The molecule has 0 aliphatic rings. The summed E-state index contributed by atoms with van der Waals surface area (Å²) >= 11 is 0. The molecule has 0 aliphatic carbocycles. The van der Waals surface area contributed by atoms with Gasteiger partial charge in [-0.1, -0.05) is 0 Å². The van der Waals surface area contributed by atoms with E-state index >= 15 is 0 Å². The van der Waals surface area contributed by atoms with Gasteiger partial charge < -0.3 is 4.74 Å². The van der Waals surface area contributed by atoms with Crippen LogP contribution in [0.15, 0.2) is 18.2 Å². The van der Waals surface area contributed by atoms with Gasteiger partial charge in [0.2, 0.25) is 0 Å². The van der Waals surface area contributed by atoms with E-state index in [1.807, 2.05) is 0 Å². The predicted octanol–water partition coefficient (Wildman–Crippen LogP) is 3.38. The first-order valence-electron chi connectivity index (χ1n) is 6.03. The molecule has 0 amide bonds. The van der Waals surface area contributed by atoms with E-state index in [-0.39, 0.29) is 0 Å². The second kappa shape index (κ2) is 6.72. The first-order chi connectivity index (χ1) is 11.6. The number of carbonyl (C=O) groups excluding carboxylic acids is 1. The Balaban J connectivity index is 3.07. The largest absolute Gasteiger partial charge is 0.460 e. The van der Waals surface area contributed by atoms with Crippen LogP contribution in [0.4, 0.5) is 42.1 Å². The minimum Gasteiger partial charge on any atom is -0.456 e. The Kier molecular flexibility index (Phi) is 5.44. The second-order valence-electron chi connectivity index (χ2n) is 4.59. The van der Waals surface area contributed by atoms with E-state index < -0.39 is 57.4 Å². The highest BCUT2D eigenvalue weighted by molar-refractivity contribution is 5.79. The van der Waals surface area contributed by atoms with E-state index in [4.69, 9.17) is 0 Å². The van der Waals surface area contributed by atoms with E-state index in [0.29, 0.717) is 18.2 Å². The fraction of sp³-hybridized carbons (Fsp3) is 0.364. The lowest BCUT2D eigenvalue weighted by Gasteiger charge is -2.26. The molecule has 0 bridgehead atoms. The molecule has 8 nitrogen and oxygen atoms in total. The topological polar surface area (TPSA) is 113 Å². The number of nitro groups is 2. The van der Waals surface area contributed by atoms with Gasteiger partial charge in [0.25, 0.3) is 11.4 Å². The third-order valence-corrected chi connectivity index (χ3v) is 2.76. The summed E-state index contributed by atoms with van der Waals surface area (Å²) in [6.45, 7) is -1.45. The number of esters is 1. The van der Waals surface area contributed by atoms with Gasteiger partial charge in [-0.25, -0.2) is 4.79 Å². The van der Waals surface area contributed by atoms with Crippen LogP contribution in [0.3, 0.4) is 0 Å². The van der Waals surface area contributed by atoms with Crippen molar-refractivity contribution >= 4 is 17.3 Å². The van der Waals surface area contributed by atoms with Crippen molar-refractivity contribution in [1.29, 1.82) is 0 Å². The summed E-state index contributed by atoms with van der Waals surface area (Å²) in [6.07, 6.45) is -6.76. The Hall–Kier alpha value is -3.00. The maximum absolute atomic E-state index is 13.0. The van der Waals surface area contributed by atoms with Gasteiger partial charge in [0.1, 0.15) is 6.61 Å². The fourth-order valence-corrected chi connectivity index (χ4v) is 1.50. The van der Waals surface area contributed by atoms with Crippen LogP contribution in [0.2, 0.25) is 0 Å². The zero-order chi connectivity index (χ0) is 20.5. The van der Waals surface area contributed by atoms with Crippen molar-refractivity contribution in [3.05, 3.63) is 44.0 Å². The highest BCUT2D eigenvalue weighted by Crippen LogP contribution is 2.47. The van der Waals surface area contributed by atoms with E-state index in [1.54, 1.807) is 0 Å². The number of carbonyl (C=O) groups is 1. The SMILES string of the molecule is O=C(OCc1cc([N+](=O)[O-])cc([N+](=O)[O-])c1)C(F)(F)C(F)(F)C(F)(F)F. The van der Waals surface area contributed by atoms with Crippen LogP contribution in [0, 0.1) is 20.2 Å². The van der Waals surface area contributed by atoms with Crippen molar-refractivity contribution in [2.24, 2.45) is 0 Å². The maximum Gasteiger partial charge on any atom is 0.460 e. The number of hydrogen-bond acceptors (Lipinski definition) is 6. The normalized spacial score (nSPS) is 12.6. The number of ether oxygens (including phenoxy) is 1. The quantitative estimate of drug-likeness (QED) is 0.316. The monoisotopic (exact) mass is 394 g/mol. The van der Waals surface area contributed by atoms with Crippen molar-refractivity contribution in [2.45, 2.75) is 24.6 Å². The predicted molar refractivity (Wildman–Crippen MR) is 65.5 cm³/mol. The lowest BCUT2D eigenvalue weighted by atomic mass is 10.1. The first-order valence-corrected chi connectivity index (χ1v) is 6.03.